The van der Waals surface area contributed by atoms with Gasteiger partial charge in [0.2, 0.25) is 5.91 Å². The molecule has 0 spiro atoms. The van der Waals surface area contributed by atoms with Crippen molar-refractivity contribution >= 4 is 11.9 Å². The van der Waals surface area contributed by atoms with Crippen molar-refractivity contribution in [2.45, 2.75) is 52.5 Å². The van der Waals surface area contributed by atoms with Crippen molar-refractivity contribution in [1.29, 1.82) is 0 Å². The molecule has 0 unspecified atom stereocenters. The van der Waals surface area contributed by atoms with Gasteiger partial charge >= 0.3 is 5.97 Å². The number of amides is 1. The molecule has 1 aromatic carbocycles. The van der Waals surface area contributed by atoms with E-state index in [0.717, 1.165) is 75.3 Å². The van der Waals surface area contributed by atoms with Crippen molar-refractivity contribution in [3.8, 4) is 5.75 Å². The van der Waals surface area contributed by atoms with Gasteiger partial charge < -0.3 is 19.6 Å². The lowest BCUT2D eigenvalue weighted by Gasteiger charge is -2.43. The minimum Gasteiger partial charge on any atom is -0.507 e. The number of phenols is 1. The second-order valence-corrected chi connectivity index (χ2v) is 9.44. The molecule has 7 nitrogen and oxygen atoms in total. The number of esters is 1. The summed E-state index contributed by atoms with van der Waals surface area (Å²) in [5.41, 5.74) is 2.84. The number of aryl methyl sites for hydroxylation is 2. The average molecular weight is 446 g/mol. The van der Waals surface area contributed by atoms with Crippen LogP contribution in [-0.4, -0.2) is 90.6 Å². The molecule has 2 heterocycles. The third kappa shape index (κ3) is 6.23. The Kier molecular flexibility index (Phi) is 8.54. The van der Waals surface area contributed by atoms with Crippen molar-refractivity contribution in [1.82, 2.24) is 14.7 Å². The van der Waals surface area contributed by atoms with Crippen molar-refractivity contribution in [2.24, 2.45) is 5.92 Å². The fourth-order valence-electron chi connectivity index (χ4n) is 5.08. The van der Waals surface area contributed by atoms with E-state index in [1.807, 2.05) is 37.8 Å². The Morgan fingerprint density at radius 2 is 1.66 bits per heavy atom. The molecule has 32 heavy (non-hydrogen) atoms. The molecule has 2 fully saturated rings. The smallest absolute Gasteiger partial charge is 0.306 e. The summed E-state index contributed by atoms with van der Waals surface area (Å²) in [6.07, 6.45) is 3.39. The Labute approximate surface area is 192 Å². The lowest BCUT2D eigenvalue weighted by Crippen LogP contribution is -2.55. The van der Waals surface area contributed by atoms with Crippen LogP contribution in [0.2, 0.25) is 0 Å². The summed E-state index contributed by atoms with van der Waals surface area (Å²) in [5.74, 6) is 0.365. The van der Waals surface area contributed by atoms with Crippen molar-refractivity contribution in [2.75, 3.05) is 52.9 Å². The lowest BCUT2D eigenvalue weighted by atomic mass is 9.96. The van der Waals surface area contributed by atoms with Crippen LogP contribution >= 0.6 is 0 Å². The first kappa shape index (κ1) is 24.5. The summed E-state index contributed by atoms with van der Waals surface area (Å²) in [6.45, 7) is 12.1. The van der Waals surface area contributed by atoms with Gasteiger partial charge in [0.05, 0.1) is 13.5 Å². The van der Waals surface area contributed by atoms with Gasteiger partial charge in [-0.1, -0.05) is 19.1 Å². The molecule has 1 N–H and O–H groups in total. The molecule has 3 rings (SSSR count). The summed E-state index contributed by atoms with van der Waals surface area (Å²) in [5, 5.41) is 9.98. The monoisotopic (exact) mass is 445 g/mol. The number of rotatable bonds is 7. The molecule has 0 aromatic heterocycles. The Morgan fingerprint density at radius 3 is 2.22 bits per heavy atom. The van der Waals surface area contributed by atoms with E-state index in [0.29, 0.717) is 24.6 Å². The van der Waals surface area contributed by atoms with Gasteiger partial charge in [-0.25, -0.2) is 0 Å². The summed E-state index contributed by atoms with van der Waals surface area (Å²) >= 11 is 0. The van der Waals surface area contributed by atoms with Gasteiger partial charge in [0.1, 0.15) is 5.75 Å². The second kappa shape index (κ2) is 11.1. The van der Waals surface area contributed by atoms with E-state index >= 15 is 0 Å². The van der Waals surface area contributed by atoms with Gasteiger partial charge in [0.15, 0.2) is 0 Å². The predicted molar refractivity (Wildman–Crippen MR) is 125 cm³/mol. The summed E-state index contributed by atoms with van der Waals surface area (Å²) < 4.78 is 4.74. The number of ether oxygens (including phenoxy) is 1. The third-order valence-electron chi connectivity index (χ3n) is 7.07. The Morgan fingerprint density at radius 1 is 1.06 bits per heavy atom. The quantitative estimate of drug-likeness (QED) is 0.650. The number of piperidine rings is 1. The third-order valence-corrected chi connectivity index (χ3v) is 7.07. The van der Waals surface area contributed by atoms with Gasteiger partial charge in [-0.15, -0.1) is 0 Å². The lowest BCUT2D eigenvalue weighted by molar-refractivity contribution is -0.141. The predicted octanol–water partition coefficient (Wildman–Crippen LogP) is 2.36. The van der Waals surface area contributed by atoms with Gasteiger partial charge in [-0.3, -0.25) is 14.5 Å². The van der Waals surface area contributed by atoms with E-state index < -0.39 is 0 Å². The topological polar surface area (TPSA) is 73.3 Å². The number of hydrogen-bond acceptors (Lipinski definition) is 6. The van der Waals surface area contributed by atoms with Crippen LogP contribution < -0.4 is 0 Å². The van der Waals surface area contributed by atoms with Crippen LogP contribution in [0.3, 0.4) is 0 Å². The zero-order valence-corrected chi connectivity index (χ0v) is 20.1. The molecule has 7 heteroatoms. The van der Waals surface area contributed by atoms with Crippen LogP contribution in [0.4, 0.5) is 0 Å². The standard InChI is InChI=1S/C25H39N3O4/c1-18-15-21(16-19(2)24(18)30)17-20(3)25(31)28-13-11-27(12-14-28)22-5-8-26(9-6-22)10-7-23(29)32-4/h15-16,20,22,30H,5-14,17H2,1-4H3/t20-/m1/s1. The number of carbonyl (C=O) groups is 2. The van der Waals surface area contributed by atoms with Gasteiger partial charge in [-0.05, 0) is 62.9 Å². The second-order valence-electron chi connectivity index (χ2n) is 9.44. The van der Waals surface area contributed by atoms with Crippen LogP contribution in [0.15, 0.2) is 12.1 Å². The van der Waals surface area contributed by atoms with E-state index in [1.54, 1.807) is 0 Å². The Bertz CT molecular complexity index is 773. The first-order valence-corrected chi connectivity index (χ1v) is 11.9. The highest BCUT2D eigenvalue weighted by Gasteiger charge is 2.30. The highest BCUT2D eigenvalue weighted by molar-refractivity contribution is 5.79. The van der Waals surface area contributed by atoms with E-state index in [-0.39, 0.29) is 17.8 Å². The number of likely N-dealkylation sites (tertiary alicyclic amines) is 1. The number of hydrogen-bond donors (Lipinski definition) is 1. The van der Waals surface area contributed by atoms with Gasteiger partial charge in [-0.2, -0.15) is 0 Å². The number of nitrogens with zero attached hydrogens (tertiary/aromatic N) is 3. The number of phenolic OH excluding ortho intramolecular Hbond substituents is 1. The van der Waals surface area contributed by atoms with Crippen molar-refractivity contribution < 1.29 is 19.4 Å². The maximum absolute atomic E-state index is 13.0. The van der Waals surface area contributed by atoms with Crippen LogP contribution in [-0.2, 0) is 20.7 Å². The van der Waals surface area contributed by atoms with Crippen LogP contribution in [0.5, 0.6) is 5.75 Å². The van der Waals surface area contributed by atoms with E-state index in [4.69, 9.17) is 4.74 Å². The highest BCUT2D eigenvalue weighted by Crippen LogP contribution is 2.25. The molecule has 0 saturated carbocycles. The molecule has 2 saturated heterocycles. The van der Waals surface area contributed by atoms with E-state index in [1.165, 1.54) is 7.11 Å². The molecule has 1 aromatic rings. The van der Waals surface area contributed by atoms with E-state index in [9.17, 15) is 14.7 Å². The highest BCUT2D eigenvalue weighted by atomic mass is 16.5. The minimum atomic E-state index is -0.141. The SMILES string of the molecule is COC(=O)CCN1CCC(N2CCN(C(=O)[C@H](C)Cc3cc(C)c(O)c(C)c3)CC2)CC1. The maximum atomic E-state index is 13.0. The number of carbonyl (C=O) groups excluding carboxylic acids is 2. The number of benzene rings is 1. The Balaban J connectivity index is 1.42. The number of methoxy groups -OCH3 is 1. The largest absolute Gasteiger partial charge is 0.507 e. The fraction of sp³-hybridized carbons (Fsp3) is 0.680. The molecule has 2 aliphatic rings. The Hall–Kier alpha value is -2.12. The zero-order chi connectivity index (χ0) is 23.3. The number of piperazine rings is 1. The molecular weight excluding hydrogens is 406 g/mol. The molecule has 2 aliphatic heterocycles. The van der Waals surface area contributed by atoms with Crippen LogP contribution in [0, 0.1) is 19.8 Å². The fourth-order valence-corrected chi connectivity index (χ4v) is 5.08. The van der Waals surface area contributed by atoms with Crippen molar-refractivity contribution in [3.05, 3.63) is 28.8 Å². The van der Waals surface area contributed by atoms with Gasteiger partial charge in [0.25, 0.3) is 0 Å². The number of aromatic hydroxyl groups is 1. The maximum Gasteiger partial charge on any atom is 0.306 e. The molecule has 178 valence electrons. The van der Waals surface area contributed by atoms with Crippen LogP contribution in [0.25, 0.3) is 0 Å². The molecule has 0 bridgehead atoms. The summed E-state index contributed by atoms with van der Waals surface area (Å²) in [6, 6.07) is 4.55. The van der Waals surface area contributed by atoms with E-state index in [2.05, 4.69) is 9.80 Å². The van der Waals surface area contributed by atoms with Gasteiger partial charge in [0, 0.05) is 44.7 Å². The minimum absolute atomic E-state index is 0.0667. The summed E-state index contributed by atoms with van der Waals surface area (Å²) in [7, 11) is 1.44. The molecule has 1 amide bonds. The van der Waals surface area contributed by atoms with Crippen LogP contribution in [0.1, 0.15) is 42.9 Å². The zero-order valence-electron chi connectivity index (χ0n) is 20.1. The van der Waals surface area contributed by atoms with Crippen molar-refractivity contribution in [3.63, 3.8) is 0 Å². The average Bonchev–Trinajstić information content (AvgIpc) is 2.80. The molecule has 0 radical (unpaired) electrons. The first-order chi connectivity index (χ1) is 15.3. The molecule has 0 aliphatic carbocycles. The molecular formula is C25H39N3O4. The summed E-state index contributed by atoms with van der Waals surface area (Å²) in [4.78, 5) is 31.3. The normalized spacial score (nSPS) is 19.7. The molecule has 1 atom stereocenters. The first-order valence-electron chi connectivity index (χ1n) is 11.9.